The summed E-state index contributed by atoms with van der Waals surface area (Å²) in [5.41, 5.74) is 5.86. The summed E-state index contributed by atoms with van der Waals surface area (Å²) in [6, 6.07) is 0. The Hall–Kier alpha value is -1.71. The molecule has 2 heterocycles. The van der Waals surface area contributed by atoms with Gasteiger partial charge in [-0.05, 0) is 0 Å². The van der Waals surface area contributed by atoms with E-state index < -0.39 is 10.0 Å². The van der Waals surface area contributed by atoms with Crippen molar-refractivity contribution in [1.29, 1.82) is 0 Å². The van der Waals surface area contributed by atoms with E-state index in [1.54, 1.807) is 6.20 Å². The first-order valence-electron chi connectivity index (χ1n) is 5.72. The van der Waals surface area contributed by atoms with Crippen molar-refractivity contribution in [2.45, 2.75) is 31.5 Å². The molecular formula is C10H15N5O3S. The Bertz CT molecular complexity index is 646. The molecule has 0 unspecified atom stereocenters. The molecule has 0 amide bonds. The number of oxazole rings is 1. The average molecular weight is 285 g/mol. The lowest BCUT2D eigenvalue weighted by molar-refractivity contribution is 0.452. The summed E-state index contributed by atoms with van der Waals surface area (Å²) < 4.78 is 31.7. The summed E-state index contributed by atoms with van der Waals surface area (Å²) in [4.78, 5) is 3.97. The zero-order valence-corrected chi connectivity index (χ0v) is 11.2. The molecule has 0 radical (unpaired) electrons. The minimum atomic E-state index is -3.70. The third-order valence-corrected chi connectivity index (χ3v) is 3.95. The van der Waals surface area contributed by atoms with Crippen LogP contribution in [0.5, 0.6) is 0 Å². The van der Waals surface area contributed by atoms with Gasteiger partial charge >= 0.3 is 0 Å². The number of nitrogens with zero attached hydrogens (tertiary/aromatic N) is 2. The quantitative estimate of drug-likeness (QED) is 0.680. The summed E-state index contributed by atoms with van der Waals surface area (Å²) in [7, 11) is -3.70. The molecule has 0 saturated heterocycles. The highest BCUT2D eigenvalue weighted by atomic mass is 32.2. The highest BCUT2D eigenvalue weighted by Crippen LogP contribution is 2.11. The molecule has 2 rings (SSSR count). The molecule has 0 aromatic carbocycles. The fourth-order valence-electron chi connectivity index (χ4n) is 1.50. The zero-order valence-electron chi connectivity index (χ0n) is 10.4. The lowest BCUT2D eigenvalue weighted by atomic mass is 10.4. The Morgan fingerprint density at radius 1 is 1.47 bits per heavy atom. The maximum absolute atomic E-state index is 12.0. The first-order chi connectivity index (χ1) is 9.06. The molecule has 0 aliphatic carbocycles. The van der Waals surface area contributed by atoms with Gasteiger partial charge in [0.25, 0.3) is 10.0 Å². The van der Waals surface area contributed by atoms with Crippen LogP contribution in [0.25, 0.3) is 0 Å². The lowest BCUT2D eigenvalue weighted by Crippen LogP contribution is -2.25. The van der Waals surface area contributed by atoms with Crippen molar-refractivity contribution in [3.8, 4) is 0 Å². The van der Waals surface area contributed by atoms with Crippen molar-refractivity contribution >= 4 is 10.0 Å². The fraction of sp³-hybridized carbons (Fsp3) is 0.400. The summed E-state index contributed by atoms with van der Waals surface area (Å²) in [5, 5.41) is 6.06. The van der Waals surface area contributed by atoms with Crippen LogP contribution in [0, 0.1) is 0 Å². The van der Waals surface area contributed by atoms with E-state index in [0.717, 1.165) is 0 Å². The van der Waals surface area contributed by atoms with Crippen LogP contribution in [-0.4, -0.2) is 23.6 Å². The summed E-state index contributed by atoms with van der Waals surface area (Å²) in [6.45, 7) is 1.99. The predicted molar refractivity (Wildman–Crippen MR) is 66.4 cm³/mol. The molecule has 0 atom stereocenters. The number of aromatic amines is 1. The van der Waals surface area contributed by atoms with Gasteiger partial charge in [0.15, 0.2) is 5.03 Å². The molecule has 0 spiro atoms. The Kier molecular flexibility index (Phi) is 3.98. The van der Waals surface area contributed by atoms with Crippen molar-refractivity contribution in [2.75, 3.05) is 0 Å². The van der Waals surface area contributed by atoms with E-state index in [0.29, 0.717) is 23.6 Å². The van der Waals surface area contributed by atoms with Gasteiger partial charge in [-0.15, -0.1) is 0 Å². The van der Waals surface area contributed by atoms with E-state index in [4.69, 9.17) is 10.2 Å². The van der Waals surface area contributed by atoms with Crippen LogP contribution in [0.4, 0.5) is 0 Å². The number of hydrogen-bond acceptors (Lipinski definition) is 6. The van der Waals surface area contributed by atoms with Gasteiger partial charge in [-0.2, -0.15) is 5.10 Å². The fourth-order valence-corrected chi connectivity index (χ4v) is 2.61. The molecule has 4 N–H and O–H groups in total. The maximum Gasteiger partial charge on any atom is 0.258 e. The van der Waals surface area contributed by atoms with Gasteiger partial charge in [-0.1, -0.05) is 6.92 Å². The van der Waals surface area contributed by atoms with Crippen LogP contribution in [-0.2, 0) is 29.5 Å². The van der Waals surface area contributed by atoms with Gasteiger partial charge < -0.3 is 10.2 Å². The van der Waals surface area contributed by atoms with Crippen LogP contribution in [0.2, 0.25) is 0 Å². The topological polar surface area (TPSA) is 127 Å². The van der Waals surface area contributed by atoms with Crippen molar-refractivity contribution in [1.82, 2.24) is 19.9 Å². The summed E-state index contributed by atoms with van der Waals surface area (Å²) in [5.74, 6) is 1.02. The first kappa shape index (κ1) is 13.7. The van der Waals surface area contributed by atoms with Crippen molar-refractivity contribution in [3.63, 3.8) is 0 Å². The number of nitrogens with one attached hydrogen (secondary N) is 2. The molecule has 0 saturated carbocycles. The van der Waals surface area contributed by atoms with Gasteiger partial charge in [-0.3, -0.25) is 5.10 Å². The van der Waals surface area contributed by atoms with E-state index >= 15 is 0 Å². The van der Waals surface area contributed by atoms with E-state index in [1.165, 1.54) is 6.20 Å². The number of rotatable bonds is 6. The normalized spacial score (nSPS) is 11.9. The largest absolute Gasteiger partial charge is 0.444 e. The van der Waals surface area contributed by atoms with Crippen LogP contribution >= 0.6 is 0 Å². The molecule has 9 heteroatoms. The molecule has 0 aliphatic rings. The molecule has 2 aromatic heterocycles. The zero-order chi connectivity index (χ0) is 13.9. The van der Waals surface area contributed by atoms with Gasteiger partial charge in [0, 0.05) is 18.5 Å². The Balaban J connectivity index is 2.09. The van der Waals surface area contributed by atoms with E-state index in [9.17, 15) is 8.42 Å². The standard InChI is InChI=1S/C10H15N5O3S/c1-2-8-5-12-9(18-8)6-14-19(16,17)10-7(3-11)4-13-15-10/h4-5,14H,2-3,6,11H2,1H3,(H,13,15). The Morgan fingerprint density at radius 2 is 2.26 bits per heavy atom. The molecule has 0 fully saturated rings. The summed E-state index contributed by atoms with van der Waals surface area (Å²) >= 11 is 0. The second kappa shape index (κ2) is 5.51. The molecule has 19 heavy (non-hydrogen) atoms. The molecule has 2 aromatic rings. The monoisotopic (exact) mass is 285 g/mol. The number of aromatic nitrogens is 3. The minimum Gasteiger partial charge on any atom is -0.444 e. The predicted octanol–water partition coefficient (Wildman–Crippen LogP) is -0.103. The number of sulfonamides is 1. The Labute approximate surface area is 110 Å². The Morgan fingerprint density at radius 3 is 2.89 bits per heavy atom. The van der Waals surface area contributed by atoms with Crippen LogP contribution in [0.3, 0.4) is 0 Å². The van der Waals surface area contributed by atoms with Gasteiger partial charge in [0.2, 0.25) is 5.89 Å². The second-order valence-corrected chi connectivity index (χ2v) is 5.53. The van der Waals surface area contributed by atoms with Gasteiger partial charge in [0.05, 0.1) is 18.9 Å². The SMILES string of the molecule is CCc1cnc(CNS(=O)(=O)c2[nH]ncc2CN)o1. The van der Waals surface area contributed by atoms with Gasteiger partial charge in [-0.25, -0.2) is 18.1 Å². The smallest absolute Gasteiger partial charge is 0.258 e. The number of aryl methyl sites for hydroxylation is 1. The highest BCUT2D eigenvalue weighted by molar-refractivity contribution is 7.89. The molecule has 0 bridgehead atoms. The lowest BCUT2D eigenvalue weighted by Gasteiger charge is -2.04. The first-order valence-corrected chi connectivity index (χ1v) is 7.20. The molecular weight excluding hydrogens is 270 g/mol. The minimum absolute atomic E-state index is 0.0225. The number of nitrogens with two attached hydrogens (primary N) is 1. The van der Waals surface area contributed by atoms with Crippen LogP contribution in [0.1, 0.15) is 24.1 Å². The summed E-state index contributed by atoms with van der Waals surface area (Å²) in [6.07, 6.45) is 3.66. The van der Waals surface area contributed by atoms with Crippen LogP contribution in [0.15, 0.2) is 21.8 Å². The van der Waals surface area contributed by atoms with Crippen LogP contribution < -0.4 is 10.5 Å². The van der Waals surface area contributed by atoms with Crippen molar-refractivity contribution in [3.05, 3.63) is 29.6 Å². The number of H-pyrrole nitrogens is 1. The van der Waals surface area contributed by atoms with Crippen molar-refractivity contribution in [2.24, 2.45) is 5.73 Å². The molecule has 8 nitrogen and oxygen atoms in total. The molecule has 104 valence electrons. The highest BCUT2D eigenvalue weighted by Gasteiger charge is 2.20. The molecule has 0 aliphatic heterocycles. The van der Waals surface area contributed by atoms with Gasteiger partial charge in [0.1, 0.15) is 5.76 Å². The third-order valence-electron chi connectivity index (χ3n) is 2.53. The average Bonchev–Trinajstić information content (AvgIpc) is 3.05. The second-order valence-electron chi connectivity index (χ2n) is 3.83. The van der Waals surface area contributed by atoms with Crippen molar-refractivity contribution < 1.29 is 12.8 Å². The number of hydrogen-bond donors (Lipinski definition) is 3. The third kappa shape index (κ3) is 3.00. The maximum atomic E-state index is 12.0. The van der Waals surface area contributed by atoms with E-state index in [2.05, 4.69) is 19.9 Å². The van der Waals surface area contributed by atoms with E-state index in [1.807, 2.05) is 6.92 Å². The van der Waals surface area contributed by atoms with E-state index in [-0.39, 0.29) is 18.1 Å².